The van der Waals surface area contributed by atoms with Gasteiger partial charge in [0.25, 0.3) is 0 Å². The molecule has 7 heteroatoms. The summed E-state index contributed by atoms with van der Waals surface area (Å²) in [7, 11) is 0. The van der Waals surface area contributed by atoms with Gasteiger partial charge in [-0.3, -0.25) is 4.98 Å². The Labute approximate surface area is 174 Å². The van der Waals surface area contributed by atoms with Crippen LogP contribution >= 0.6 is 12.2 Å². The van der Waals surface area contributed by atoms with E-state index in [1.54, 1.807) is 18.3 Å². The van der Waals surface area contributed by atoms with E-state index in [2.05, 4.69) is 32.8 Å². The minimum absolute atomic E-state index is 0.0218. The molecule has 0 aliphatic carbocycles. The maximum Gasteiger partial charge on any atom is 0.335 e. The molecule has 3 aromatic rings. The molecular weight excluding hydrogens is 384 g/mol. The molecule has 1 aliphatic heterocycles. The van der Waals surface area contributed by atoms with Crippen LogP contribution in [0.1, 0.15) is 47.2 Å². The van der Waals surface area contributed by atoms with Gasteiger partial charge < -0.3 is 19.9 Å². The minimum Gasteiger partial charge on any atom is -0.478 e. The number of hydrogen-bond acceptors (Lipinski definition) is 3. The van der Waals surface area contributed by atoms with Gasteiger partial charge in [-0.25, -0.2) is 4.79 Å². The summed E-state index contributed by atoms with van der Waals surface area (Å²) in [4.78, 5) is 18.0. The molecule has 0 bridgehead atoms. The lowest BCUT2D eigenvalue weighted by Crippen LogP contribution is -2.31. The van der Waals surface area contributed by atoms with Gasteiger partial charge in [0.05, 0.1) is 23.3 Å². The number of rotatable bonds is 6. The van der Waals surface area contributed by atoms with E-state index in [-0.39, 0.29) is 17.6 Å². The lowest BCUT2D eigenvalue weighted by atomic mass is 10.0. The molecule has 1 aliphatic rings. The van der Waals surface area contributed by atoms with Gasteiger partial charge in [-0.15, -0.1) is 0 Å². The Hall–Kier alpha value is -3.19. The number of carboxylic acid groups (broad SMARTS) is 1. The predicted octanol–water partition coefficient (Wildman–Crippen LogP) is 3.95. The maximum absolute atomic E-state index is 11.2. The van der Waals surface area contributed by atoms with Crippen LogP contribution in [0.25, 0.3) is 5.69 Å². The summed E-state index contributed by atoms with van der Waals surface area (Å²) < 4.78 is 2.09. The molecule has 1 fully saturated rings. The molecule has 0 unspecified atom stereocenters. The number of nitrogens with zero attached hydrogens (tertiary/aromatic N) is 3. The van der Waals surface area contributed by atoms with E-state index < -0.39 is 5.97 Å². The summed E-state index contributed by atoms with van der Waals surface area (Å²) in [5.41, 5.74) is 3.19. The molecule has 29 heavy (non-hydrogen) atoms. The van der Waals surface area contributed by atoms with Crippen LogP contribution in [0.15, 0.2) is 67.0 Å². The summed E-state index contributed by atoms with van der Waals surface area (Å²) in [5.74, 6) is -0.932. The molecule has 0 saturated carbocycles. The number of hydrogen-bond donors (Lipinski definition) is 2. The second-order valence-corrected chi connectivity index (χ2v) is 7.36. The first-order valence-electron chi connectivity index (χ1n) is 9.59. The van der Waals surface area contributed by atoms with Crippen LogP contribution < -0.4 is 5.32 Å². The monoisotopic (exact) mass is 406 g/mol. The highest BCUT2D eigenvalue weighted by atomic mass is 32.1. The first-order chi connectivity index (χ1) is 14.1. The zero-order valence-corrected chi connectivity index (χ0v) is 16.8. The Bertz CT molecular complexity index is 1020. The van der Waals surface area contributed by atoms with Gasteiger partial charge in [-0.1, -0.05) is 13.0 Å². The smallest absolute Gasteiger partial charge is 0.335 e. The van der Waals surface area contributed by atoms with Crippen molar-refractivity contribution in [1.82, 2.24) is 19.8 Å². The summed E-state index contributed by atoms with van der Waals surface area (Å²) in [6, 6.07) is 16.8. The summed E-state index contributed by atoms with van der Waals surface area (Å²) in [6.45, 7) is 2.97. The van der Waals surface area contributed by atoms with Crippen LogP contribution in [0.3, 0.4) is 0 Å². The molecule has 1 saturated heterocycles. The zero-order valence-electron chi connectivity index (χ0n) is 16.0. The lowest BCUT2D eigenvalue weighted by molar-refractivity contribution is 0.0697. The number of nitrogens with one attached hydrogen (secondary N) is 1. The van der Waals surface area contributed by atoms with E-state index in [1.807, 2.05) is 42.6 Å². The van der Waals surface area contributed by atoms with Crippen molar-refractivity contribution in [2.24, 2.45) is 0 Å². The molecule has 6 nitrogen and oxygen atoms in total. The average molecular weight is 407 g/mol. The second-order valence-electron chi connectivity index (χ2n) is 6.98. The number of thiocarbonyl (C=S) groups is 1. The molecule has 2 aromatic heterocycles. The van der Waals surface area contributed by atoms with Crippen LogP contribution in [0, 0.1) is 0 Å². The van der Waals surface area contributed by atoms with Crippen molar-refractivity contribution in [2.45, 2.75) is 25.4 Å². The molecule has 0 radical (unpaired) electrons. The highest BCUT2D eigenvalue weighted by Crippen LogP contribution is 2.39. The highest BCUT2D eigenvalue weighted by Gasteiger charge is 2.40. The topological polar surface area (TPSA) is 70.4 Å². The number of benzene rings is 1. The van der Waals surface area contributed by atoms with Crippen molar-refractivity contribution in [3.8, 4) is 5.69 Å². The quantitative estimate of drug-likeness (QED) is 0.604. The third kappa shape index (κ3) is 3.61. The lowest BCUT2D eigenvalue weighted by Gasteiger charge is -2.28. The van der Waals surface area contributed by atoms with Crippen molar-refractivity contribution in [2.75, 3.05) is 6.54 Å². The third-order valence-corrected chi connectivity index (χ3v) is 5.49. The van der Waals surface area contributed by atoms with Crippen LogP contribution in [-0.2, 0) is 0 Å². The van der Waals surface area contributed by atoms with E-state index >= 15 is 0 Å². The van der Waals surface area contributed by atoms with E-state index in [0.717, 1.165) is 35.2 Å². The second kappa shape index (κ2) is 8.05. The van der Waals surface area contributed by atoms with E-state index in [1.165, 1.54) is 0 Å². The number of aromatic carboxylic acids is 1. The van der Waals surface area contributed by atoms with Gasteiger partial charge in [0.15, 0.2) is 5.11 Å². The number of aromatic nitrogens is 2. The van der Waals surface area contributed by atoms with Crippen LogP contribution in [0.2, 0.25) is 0 Å². The van der Waals surface area contributed by atoms with Crippen LogP contribution in [0.4, 0.5) is 0 Å². The predicted molar refractivity (Wildman–Crippen MR) is 115 cm³/mol. The highest BCUT2D eigenvalue weighted by molar-refractivity contribution is 7.80. The van der Waals surface area contributed by atoms with E-state index in [9.17, 15) is 9.90 Å². The van der Waals surface area contributed by atoms with Crippen molar-refractivity contribution in [3.63, 3.8) is 0 Å². The molecule has 3 heterocycles. The molecule has 2 N–H and O–H groups in total. The molecule has 1 aromatic carbocycles. The Balaban J connectivity index is 1.77. The fourth-order valence-electron chi connectivity index (χ4n) is 3.84. The molecule has 148 valence electrons. The van der Waals surface area contributed by atoms with Gasteiger partial charge in [0.2, 0.25) is 0 Å². The fourth-order valence-corrected chi connectivity index (χ4v) is 4.18. The Morgan fingerprint density at radius 3 is 2.62 bits per heavy atom. The molecule has 0 spiro atoms. The normalized spacial score (nSPS) is 18.7. The average Bonchev–Trinajstić information content (AvgIpc) is 3.34. The van der Waals surface area contributed by atoms with Crippen LogP contribution in [0.5, 0.6) is 0 Å². The van der Waals surface area contributed by atoms with Crippen molar-refractivity contribution in [3.05, 3.63) is 83.9 Å². The van der Waals surface area contributed by atoms with Gasteiger partial charge in [0, 0.05) is 30.3 Å². The molecular formula is C22H22N4O2S. The van der Waals surface area contributed by atoms with E-state index in [4.69, 9.17) is 12.2 Å². The van der Waals surface area contributed by atoms with Gasteiger partial charge in [0.1, 0.15) is 0 Å². The van der Waals surface area contributed by atoms with Gasteiger partial charge >= 0.3 is 5.97 Å². The summed E-state index contributed by atoms with van der Waals surface area (Å²) >= 11 is 5.65. The zero-order chi connectivity index (χ0) is 20.4. The minimum atomic E-state index is -0.932. The molecule has 2 atom stereocenters. The SMILES string of the molecule is CCCN1C(=S)N[C@H](c2ccccn2)[C@@H]1c1cccn1-c1ccc(C(=O)O)cc1. The molecule has 4 rings (SSSR count). The number of pyridine rings is 1. The van der Waals surface area contributed by atoms with Crippen molar-refractivity contribution >= 4 is 23.3 Å². The number of carbonyl (C=O) groups is 1. The fraction of sp³-hybridized carbons (Fsp3) is 0.227. The van der Waals surface area contributed by atoms with Gasteiger partial charge in [-0.2, -0.15) is 0 Å². The van der Waals surface area contributed by atoms with Crippen molar-refractivity contribution in [1.29, 1.82) is 0 Å². The summed E-state index contributed by atoms with van der Waals surface area (Å²) in [5, 5.41) is 13.3. The summed E-state index contributed by atoms with van der Waals surface area (Å²) in [6.07, 6.45) is 4.76. The van der Waals surface area contributed by atoms with Crippen molar-refractivity contribution < 1.29 is 9.90 Å². The maximum atomic E-state index is 11.2. The first kappa shape index (κ1) is 19.1. The van der Waals surface area contributed by atoms with Gasteiger partial charge in [-0.05, 0) is 67.2 Å². The largest absolute Gasteiger partial charge is 0.478 e. The number of carboxylic acids is 1. The van der Waals surface area contributed by atoms with E-state index in [0.29, 0.717) is 0 Å². The first-order valence-corrected chi connectivity index (χ1v) is 10.00. The standard InChI is InChI=1S/C22H22N4O2S/c1-2-13-26-20(19(24-22(26)29)17-6-3-4-12-23-17)18-7-5-14-25(18)16-10-8-15(9-11-16)21(27)28/h3-12,14,19-20H,2,13H2,1H3,(H,24,29)(H,27,28)/t19-,20+/m1/s1. The molecule has 0 amide bonds. The third-order valence-electron chi connectivity index (χ3n) is 5.14. The Kier molecular flexibility index (Phi) is 5.31. The Morgan fingerprint density at radius 2 is 1.97 bits per heavy atom. The Morgan fingerprint density at radius 1 is 1.17 bits per heavy atom. The van der Waals surface area contributed by atoms with Crippen LogP contribution in [-0.4, -0.2) is 37.2 Å².